The lowest BCUT2D eigenvalue weighted by Crippen LogP contribution is -2.45. The molecule has 15 heteroatoms. The molecular weight excluding hydrogens is 832 g/mol. The highest BCUT2D eigenvalue weighted by atomic mass is 28.4. The van der Waals surface area contributed by atoms with Gasteiger partial charge in [-0.2, -0.15) is 0 Å². The topological polar surface area (TPSA) is 157 Å². The number of aryl methyl sites for hydroxylation is 1. The number of carbonyl (C=O) groups is 3. The summed E-state index contributed by atoms with van der Waals surface area (Å²) in [5, 5.41) is 24.9. The highest BCUT2D eigenvalue weighted by Gasteiger charge is 2.66. The number of ether oxygens (including phenoxy) is 3. The van der Waals surface area contributed by atoms with Crippen LogP contribution in [0.15, 0.2) is 128 Å². The van der Waals surface area contributed by atoms with E-state index in [0.29, 0.717) is 63.9 Å². The maximum absolute atomic E-state index is 16.8. The molecule has 3 N–H and O–H groups in total. The Labute approximate surface area is 372 Å². The maximum Gasteiger partial charge on any atom is 0.264 e. The van der Waals surface area contributed by atoms with Gasteiger partial charge in [0.2, 0.25) is 8.41 Å². The summed E-state index contributed by atoms with van der Waals surface area (Å²) < 4.78 is 36.0. The molecule has 8 rings (SSSR count). The van der Waals surface area contributed by atoms with E-state index in [4.69, 9.17) is 14.2 Å². The van der Waals surface area contributed by atoms with Gasteiger partial charge >= 0.3 is 0 Å². The molecule has 1 unspecified atom stereocenters. The summed E-state index contributed by atoms with van der Waals surface area (Å²) in [6, 6.07) is 35.7. The van der Waals surface area contributed by atoms with Crippen LogP contribution < -0.4 is 25.0 Å². The van der Waals surface area contributed by atoms with E-state index in [2.05, 4.69) is 20.9 Å². The first-order valence-corrected chi connectivity index (χ1v) is 24.2. The Morgan fingerprint density at radius 2 is 1.45 bits per heavy atom. The number of fused-ring (bicyclic) bond motifs is 2. The van der Waals surface area contributed by atoms with Gasteiger partial charge in [-0.1, -0.05) is 54.6 Å². The van der Waals surface area contributed by atoms with Crippen molar-refractivity contribution in [1.82, 2.24) is 15.0 Å². The summed E-state index contributed by atoms with van der Waals surface area (Å²) in [6.45, 7) is 5.55. The van der Waals surface area contributed by atoms with Gasteiger partial charge < -0.3 is 39.0 Å². The molecule has 5 aromatic carbocycles. The molecule has 2 aliphatic rings. The number of methoxy groups -OCH3 is 2. The van der Waals surface area contributed by atoms with Crippen molar-refractivity contribution in [3.8, 4) is 11.5 Å². The average Bonchev–Trinajstić information content (AvgIpc) is 3.96. The zero-order chi connectivity index (χ0) is 45.2. The van der Waals surface area contributed by atoms with Crippen LogP contribution in [-0.2, 0) is 28.2 Å². The Balaban J connectivity index is 1.09. The van der Waals surface area contributed by atoms with Gasteiger partial charge in [0, 0.05) is 52.3 Å². The fourth-order valence-electron chi connectivity index (χ4n) is 9.22. The van der Waals surface area contributed by atoms with Crippen LogP contribution in [0, 0.1) is 5.92 Å². The number of hydrogen-bond acceptors (Lipinski definition) is 9. The lowest BCUT2D eigenvalue weighted by molar-refractivity contribution is -0.146. The van der Waals surface area contributed by atoms with Gasteiger partial charge in [-0.25, -0.2) is 0 Å². The van der Waals surface area contributed by atoms with Crippen molar-refractivity contribution in [1.29, 1.82) is 0 Å². The molecule has 6 aromatic rings. The molecule has 0 bridgehead atoms. The minimum atomic E-state index is -3.53. The second-order valence-electron chi connectivity index (χ2n) is 16.8. The fraction of sp³-hybridized carbons (Fsp3) is 0.286. The van der Waals surface area contributed by atoms with Crippen molar-refractivity contribution in [3.05, 3.63) is 161 Å². The molecule has 330 valence electrons. The number of anilines is 3. The van der Waals surface area contributed by atoms with Crippen molar-refractivity contribution >= 4 is 43.2 Å². The van der Waals surface area contributed by atoms with Gasteiger partial charge in [-0.05, 0) is 110 Å². The summed E-state index contributed by atoms with van der Waals surface area (Å²) in [7, 11) is -0.411. The Hall–Kier alpha value is -6.68. The smallest absolute Gasteiger partial charge is 0.264 e. The average molecular weight is 883 g/mol. The van der Waals surface area contributed by atoms with E-state index in [1.165, 1.54) is 0 Å². The zero-order valence-corrected chi connectivity index (χ0v) is 37.3. The number of hydrogen-bond donors (Lipinski definition) is 3. The molecule has 1 saturated heterocycles. The van der Waals surface area contributed by atoms with Crippen molar-refractivity contribution < 1.29 is 37.8 Å². The first kappa shape index (κ1) is 43.9. The van der Waals surface area contributed by atoms with Crippen LogP contribution in [0.2, 0.25) is 18.6 Å². The standard InChI is InChI=1S/C49H51FN6O7Si/c1-31-45(64(4,5)50)44(25-26-55-29-42(53-54-55)40(30-57)33-9-7-6-8-10-33)63-49(31)41-27-37(52-47(59)35-15-22-39(62-3)23-16-35)19-24-43(41)56(48(49)60)28-32-11-17-36(18-12-32)51-46(58)34-13-20-38(61-2)21-14-34/h6-24,27,29,31,40,44-45,57H,25-26,28,30H2,1-5H3,(H,51,58)(H,52,59)/t31-,40?,44+,45-,49+/m0/s1. The van der Waals surface area contributed by atoms with Gasteiger partial charge in [0.15, 0.2) is 5.60 Å². The first-order chi connectivity index (χ1) is 30.8. The van der Waals surface area contributed by atoms with E-state index in [1.807, 2.05) is 49.4 Å². The van der Waals surface area contributed by atoms with E-state index < -0.39 is 31.6 Å². The number of aliphatic hydroxyl groups is 1. The predicted octanol–water partition coefficient (Wildman–Crippen LogP) is 8.34. The zero-order valence-electron chi connectivity index (χ0n) is 36.3. The maximum atomic E-state index is 16.8. The molecule has 0 saturated carbocycles. The van der Waals surface area contributed by atoms with E-state index in [0.717, 1.165) is 11.1 Å². The second kappa shape index (κ2) is 18.2. The van der Waals surface area contributed by atoms with E-state index in [-0.39, 0.29) is 36.8 Å². The predicted molar refractivity (Wildman–Crippen MR) is 244 cm³/mol. The third-order valence-electron chi connectivity index (χ3n) is 12.4. The first-order valence-electron chi connectivity index (χ1n) is 21.2. The summed E-state index contributed by atoms with van der Waals surface area (Å²) in [5.41, 5.74) is 3.18. The van der Waals surface area contributed by atoms with E-state index >= 15 is 8.90 Å². The van der Waals surface area contributed by atoms with Gasteiger partial charge in [-0.15, -0.1) is 5.10 Å². The minimum Gasteiger partial charge on any atom is -0.497 e. The molecule has 64 heavy (non-hydrogen) atoms. The Morgan fingerprint density at radius 1 is 0.859 bits per heavy atom. The molecule has 1 fully saturated rings. The number of amides is 3. The van der Waals surface area contributed by atoms with Crippen molar-refractivity contribution in [2.24, 2.45) is 5.92 Å². The van der Waals surface area contributed by atoms with Gasteiger partial charge in [0.05, 0.1) is 50.8 Å². The highest BCUT2D eigenvalue weighted by molar-refractivity contribution is 6.72. The Kier molecular flexibility index (Phi) is 12.5. The van der Waals surface area contributed by atoms with Crippen LogP contribution >= 0.6 is 0 Å². The number of benzene rings is 5. The van der Waals surface area contributed by atoms with Crippen molar-refractivity contribution in [3.63, 3.8) is 0 Å². The molecular formula is C49H51FN6O7Si. The summed E-state index contributed by atoms with van der Waals surface area (Å²) >= 11 is 0. The van der Waals surface area contributed by atoms with Gasteiger partial charge in [0.1, 0.15) is 11.5 Å². The van der Waals surface area contributed by atoms with Crippen LogP contribution in [-0.4, -0.2) is 73.2 Å². The molecule has 3 amide bonds. The summed E-state index contributed by atoms with van der Waals surface area (Å²) in [6.07, 6.45) is 1.47. The molecule has 13 nitrogen and oxygen atoms in total. The second-order valence-corrected chi connectivity index (χ2v) is 20.6. The number of aliphatic hydroxyl groups excluding tert-OH is 1. The van der Waals surface area contributed by atoms with E-state index in [9.17, 15) is 14.7 Å². The molecule has 1 spiro atoms. The van der Waals surface area contributed by atoms with Crippen LogP contribution in [0.1, 0.15) is 62.4 Å². The third-order valence-corrected chi connectivity index (χ3v) is 14.9. The monoisotopic (exact) mass is 882 g/mol. The summed E-state index contributed by atoms with van der Waals surface area (Å²) in [4.78, 5) is 43.4. The lowest BCUT2D eigenvalue weighted by atomic mass is 9.82. The molecule has 0 aliphatic carbocycles. The van der Waals surface area contributed by atoms with Crippen LogP contribution in [0.5, 0.6) is 11.5 Å². The number of aromatic nitrogens is 3. The number of nitrogens with one attached hydrogen (secondary N) is 2. The van der Waals surface area contributed by atoms with E-state index in [1.54, 1.807) is 122 Å². The highest BCUT2D eigenvalue weighted by Crippen LogP contribution is 2.60. The molecule has 1 aromatic heterocycles. The largest absolute Gasteiger partial charge is 0.497 e. The van der Waals surface area contributed by atoms with Gasteiger partial charge in [-0.3, -0.25) is 19.1 Å². The third kappa shape index (κ3) is 8.66. The van der Waals surface area contributed by atoms with Gasteiger partial charge in [0.25, 0.3) is 17.7 Å². The molecule has 5 atom stereocenters. The van der Waals surface area contributed by atoms with Crippen molar-refractivity contribution in [2.45, 2.75) is 62.7 Å². The summed E-state index contributed by atoms with van der Waals surface area (Å²) in [5.74, 6) is -0.653. The van der Waals surface area contributed by atoms with Crippen LogP contribution in [0.25, 0.3) is 0 Å². The fourth-order valence-corrected chi connectivity index (χ4v) is 11.8. The Morgan fingerprint density at radius 3 is 2.03 bits per heavy atom. The quantitative estimate of drug-likeness (QED) is 0.0682. The normalized spacial score (nSPS) is 19.6. The molecule has 0 radical (unpaired) electrons. The Bertz CT molecular complexity index is 2620. The number of nitrogens with zero attached hydrogens (tertiary/aromatic N) is 4. The number of halogens is 1. The molecule has 2 aliphatic heterocycles. The lowest BCUT2D eigenvalue weighted by Gasteiger charge is -2.31. The minimum absolute atomic E-state index is 0.149. The van der Waals surface area contributed by atoms with Crippen LogP contribution in [0.4, 0.5) is 21.2 Å². The number of rotatable bonds is 15. The number of carbonyl (C=O) groups excluding carboxylic acids is 3. The van der Waals surface area contributed by atoms with Crippen molar-refractivity contribution in [2.75, 3.05) is 36.4 Å². The molecule has 3 heterocycles. The van der Waals surface area contributed by atoms with Crippen LogP contribution in [0.3, 0.4) is 0 Å². The SMILES string of the molecule is COc1ccc(C(=O)Nc2ccc(CN3C(=O)[C@]4(O[C@H](CCn5cc(C(CO)c6ccccc6)nn5)[C@@H]([Si](C)(C)F)[C@@H]4C)c4cc(NC(=O)c5ccc(OC)cc5)ccc43)cc2)cc1.